The normalized spacial score (nSPS) is 11.3. The van der Waals surface area contributed by atoms with E-state index in [-0.39, 0.29) is 5.63 Å². The van der Waals surface area contributed by atoms with E-state index in [0.717, 1.165) is 16.5 Å². The van der Waals surface area contributed by atoms with Gasteiger partial charge in [-0.15, -0.1) is 0 Å². The molecule has 4 aromatic rings. The maximum atomic E-state index is 12.3. The molecule has 0 N–H and O–H groups in total. The molecule has 0 aliphatic rings. The summed E-state index contributed by atoms with van der Waals surface area (Å²) in [5, 5.41) is 0.862. The fraction of sp³-hybridized carbons (Fsp3) is 0.304. The lowest BCUT2D eigenvalue weighted by Crippen LogP contribution is -2.09. The highest BCUT2D eigenvalue weighted by molar-refractivity contribution is 5.97. The van der Waals surface area contributed by atoms with E-state index in [1.165, 1.54) is 0 Å². The van der Waals surface area contributed by atoms with Crippen molar-refractivity contribution in [1.82, 2.24) is 4.98 Å². The van der Waals surface area contributed by atoms with Gasteiger partial charge in [0.1, 0.15) is 11.1 Å². The number of ether oxygens (including phenoxy) is 3. The first-order valence-electron chi connectivity index (χ1n) is 9.60. The third-order valence-electron chi connectivity index (χ3n) is 5.42. The number of hydrogen-bond acceptors (Lipinski definition) is 7. The lowest BCUT2D eigenvalue weighted by atomic mass is 10.0. The smallest absolute Gasteiger partial charge is 0.339 e. The van der Waals surface area contributed by atoms with Crippen molar-refractivity contribution in [3.05, 3.63) is 45.3 Å². The Morgan fingerprint density at radius 1 is 0.900 bits per heavy atom. The number of nitrogens with zero attached hydrogens (tertiary/aromatic N) is 1. The molecule has 7 heteroatoms. The Kier molecular flexibility index (Phi) is 4.89. The molecular formula is C23H23NO6. The molecule has 2 aromatic carbocycles. The summed E-state index contributed by atoms with van der Waals surface area (Å²) in [7, 11) is 4.66. The molecule has 0 radical (unpaired) electrons. The van der Waals surface area contributed by atoms with Crippen LogP contribution in [0.1, 0.15) is 23.6 Å². The minimum atomic E-state index is -0.311. The summed E-state index contributed by atoms with van der Waals surface area (Å²) in [5.41, 5.74) is 4.46. The third kappa shape index (κ3) is 2.89. The third-order valence-corrected chi connectivity index (χ3v) is 5.42. The van der Waals surface area contributed by atoms with Crippen molar-refractivity contribution in [2.24, 2.45) is 0 Å². The molecule has 0 spiro atoms. The van der Waals surface area contributed by atoms with Crippen molar-refractivity contribution < 1.29 is 23.0 Å². The van der Waals surface area contributed by atoms with Crippen LogP contribution in [-0.4, -0.2) is 26.3 Å². The molecule has 0 aliphatic carbocycles. The maximum Gasteiger partial charge on any atom is 0.339 e. The molecule has 0 amide bonds. The van der Waals surface area contributed by atoms with Gasteiger partial charge >= 0.3 is 5.63 Å². The number of oxazole rings is 1. The van der Waals surface area contributed by atoms with Gasteiger partial charge in [0.15, 0.2) is 17.1 Å². The van der Waals surface area contributed by atoms with Crippen LogP contribution in [0.2, 0.25) is 0 Å². The number of fused-ring (bicyclic) bond motifs is 2. The number of hydrogen-bond donors (Lipinski definition) is 0. The van der Waals surface area contributed by atoms with Gasteiger partial charge in [-0.3, -0.25) is 0 Å². The number of benzene rings is 2. The number of methoxy groups -OCH3 is 3. The Labute approximate surface area is 173 Å². The fourth-order valence-electron chi connectivity index (χ4n) is 3.82. The summed E-state index contributed by atoms with van der Waals surface area (Å²) in [6.07, 6.45) is 0.608. The van der Waals surface area contributed by atoms with E-state index in [2.05, 4.69) is 4.98 Å². The van der Waals surface area contributed by atoms with E-state index < -0.39 is 0 Å². The highest BCUT2D eigenvalue weighted by Crippen LogP contribution is 2.42. The lowest BCUT2D eigenvalue weighted by molar-refractivity contribution is 0.324. The molecule has 0 bridgehead atoms. The van der Waals surface area contributed by atoms with Crippen molar-refractivity contribution in [2.75, 3.05) is 21.3 Å². The van der Waals surface area contributed by atoms with Crippen LogP contribution in [0, 0.1) is 13.8 Å². The Morgan fingerprint density at radius 3 is 2.13 bits per heavy atom. The molecule has 0 unspecified atom stereocenters. The first-order valence-corrected chi connectivity index (χ1v) is 9.60. The van der Waals surface area contributed by atoms with E-state index in [9.17, 15) is 4.79 Å². The van der Waals surface area contributed by atoms with Crippen molar-refractivity contribution >= 4 is 22.1 Å². The zero-order chi connectivity index (χ0) is 21.6. The van der Waals surface area contributed by atoms with Crippen molar-refractivity contribution in [2.45, 2.75) is 27.2 Å². The molecule has 0 aliphatic heterocycles. The van der Waals surface area contributed by atoms with Crippen molar-refractivity contribution in [3.8, 4) is 28.7 Å². The summed E-state index contributed by atoms with van der Waals surface area (Å²) >= 11 is 0. The molecule has 0 fully saturated rings. The summed E-state index contributed by atoms with van der Waals surface area (Å²) in [6, 6.07) is 5.46. The van der Waals surface area contributed by atoms with Crippen LogP contribution in [0.3, 0.4) is 0 Å². The van der Waals surface area contributed by atoms with Gasteiger partial charge < -0.3 is 23.0 Å². The summed E-state index contributed by atoms with van der Waals surface area (Å²) in [4.78, 5) is 17.0. The van der Waals surface area contributed by atoms with Crippen molar-refractivity contribution in [3.63, 3.8) is 0 Å². The molecule has 4 rings (SSSR count). The summed E-state index contributed by atoms with van der Waals surface area (Å²) in [6.45, 7) is 5.74. The van der Waals surface area contributed by atoms with Gasteiger partial charge in [0.25, 0.3) is 0 Å². The molecule has 0 atom stereocenters. The Morgan fingerprint density at radius 2 is 1.57 bits per heavy atom. The Bertz CT molecular complexity index is 1310. The Balaban J connectivity index is 1.99. The number of aromatic nitrogens is 1. The molecule has 2 aromatic heterocycles. The predicted octanol–water partition coefficient (Wildman–Crippen LogP) is 4.81. The van der Waals surface area contributed by atoms with E-state index in [4.69, 9.17) is 23.0 Å². The molecule has 7 nitrogen and oxygen atoms in total. The van der Waals surface area contributed by atoms with Gasteiger partial charge in [0.2, 0.25) is 11.6 Å². The van der Waals surface area contributed by atoms with Crippen molar-refractivity contribution in [1.29, 1.82) is 0 Å². The SMILES string of the molecule is CCc1c(C)c2cc3nc(-c4cc(OC)c(OC)c(OC)c4)oc3c(C)c2oc1=O. The minimum absolute atomic E-state index is 0.311. The summed E-state index contributed by atoms with van der Waals surface area (Å²) < 4.78 is 27.9. The molecule has 0 saturated heterocycles. The van der Waals surface area contributed by atoms with Crippen LogP contribution in [0.5, 0.6) is 17.2 Å². The zero-order valence-electron chi connectivity index (χ0n) is 17.8. The second kappa shape index (κ2) is 7.40. The second-order valence-corrected chi connectivity index (χ2v) is 7.01. The second-order valence-electron chi connectivity index (χ2n) is 7.01. The van der Waals surface area contributed by atoms with E-state index in [0.29, 0.717) is 57.4 Å². The highest BCUT2D eigenvalue weighted by atomic mass is 16.5. The van der Waals surface area contributed by atoms with Crippen LogP contribution >= 0.6 is 0 Å². The average molecular weight is 409 g/mol. The number of rotatable bonds is 5. The van der Waals surface area contributed by atoms with Crippen LogP contribution < -0.4 is 19.8 Å². The number of aryl methyl sites for hydroxylation is 2. The quantitative estimate of drug-likeness (QED) is 0.438. The monoisotopic (exact) mass is 409 g/mol. The predicted molar refractivity (Wildman–Crippen MR) is 114 cm³/mol. The van der Waals surface area contributed by atoms with Gasteiger partial charge in [0, 0.05) is 22.1 Å². The first kappa shape index (κ1) is 19.8. The maximum absolute atomic E-state index is 12.3. The van der Waals surface area contributed by atoms with E-state index >= 15 is 0 Å². The standard InChI is InChI=1S/C23H23NO6/c1-7-14-11(2)15-10-16-20(12(3)19(15)30-23(14)25)29-22(24-16)13-8-17(26-4)21(28-6)18(9-13)27-5/h8-10H,7H2,1-6H3. The van der Waals surface area contributed by atoms with Gasteiger partial charge in [-0.1, -0.05) is 6.92 Å². The molecule has 0 saturated carbocycles. The van der Waals surface area contributed by atoms with Gasteiger partial charge in [0.05, 0.1) is 21.3 Å². The van der Waals surface area contributed by atoms with Gasteiger partial charge in [-0.25, -0.2) is 9.78 Å². The minimum Gasteiger partial charge on any atom is -0.493 e. The molecular weight excluding hydrogens is 386 g/mol. The average Bonchev–Trinajstić information content (AvgIpc) is 3.18. The zero-order valence-corrected chi connectivity index (χ0v) is 17.8. The van der Waals surface area contributed by atoms with Gasteiger partial charge in [-0.05, 0) is 44.0 Å². The molecule has 156 valence electrons. The van der Waals surface area contributed by atoms with Crippen LogP contribution in [0.15, 0.2) is 31.8 Å². The van der Waals surface area contributed by atoms with Crippen LogP contribution in [-0.2, 0) is 6.42 Å². The van der Waals surface area contributed by atoms with Crippen LogP contribution in [0.25, 0.3) is 33.5 Å². The lowest BCUT2D eigenvalue weighted by Gasteiger charge is -2.12. The topological polar surface area (TPSA) is 83.9 Å². The Hall–Kier alpha value is -3.48. The largest absolute Gasteiger partial charge is 0.493 e. The fourth-order valence-corrected chi connectivity index (χ4v) is 3.82. The van der Waals surface area contributed by atoms with E-state index in [1.807, 2.05) is 26.8 Å². The molecule has 2 heterocycles. The first-order chi connectivity index (χ1) is 14.4. The van der Waals surface area contributed by atoms with E-state index in [1.54, 1.807) is 33.5 Å². The van der Waals surface area contributed by atoms with Gasteiger partial charge in [-0.2, -0.15) is 0 Å². The summed E-state index contributed by atoms with van der Waals surface area (Å²) in [5.74, 6) is 1.90. The highest BCUT2D eigenvalue weighted by Gasteiger charge is 2.20. The van der Waals surface area contributed by atoms with Crippen LogP contribution in [0.4, 0.5) is 0 Å². The molecule has 30 heavy (non-hydrogen) atoms.